The Balaban J connectivity index is 2.29. The molecule has 0 aliphatic heterocycles. The van der Waals surface area contributed by atoms with E-state index in [0.29, 0.717) is 5.41 Å². The van der Waals surface area contributed by atoms with Gasteiger partial charge in [-0.15, -0.1) is 0 Å². The summed E-state index contributed by atoms with van der Waals surface area (Å²) in [6.07, 6.45) is 2.70. The Kier molecular flexibility index (Phi) is 1.99. The van der Waals surface area contributed by atoms with Crippen LogP contribution >= 0.6 is 15.9 Å². The molecule has 1 aromatic rings. The monoisotopic (exact) mass is 224 g/mol. The SMILES string of the molecule is Cc1ccc(C2(CBr)CC2)cc1. The van der Waals surface area contributed by atoms with Gasteiger partial charge in [0.2, 0.25) is 0 Å². The predicted molar refractivity (Wildman–Crippen MR) is 55.9 cm³/mol. The third-order valence-electron chi connectivity index (χ3n) is 2.77. The zero-order valence-electron chi connectivity index (χ0n) is 7.31. The summed E-state index contributed by atoms with van der Waals surface area (Å²) >= 11 is 3.59. The first kappa shape index (κ1) is 8.31. The molecule has 1 saturated carbocycles. The van der Waals surface area contributed by atoms with Crippen LogP contribution in [0.5, 0.6) is 0 Å². The van der Waals surface area contributed by atoms with Crippen LogP contribution in [0.3, 0.4) is 0 Å². The van der Waals surface area contributed by atoms with Crippen LogP contribution in [-0.4, -0.2) is 5.33 Å². The van der Waals surface area contributed by atoms with Gasteiger partial charge < -0.3 is 0 Å². The highest BCUT2D eigenvalue weighted by Crippen LogP contribution is 2.49. The molecule has 0 unspecified atom stereocenters. The molecule has 1 aliphatic rings. The fourth-order valence-electron chi connectivity index (χ4n) is 1.56. The number of rotatable bonds is 2. The Morgan fingerprint density at radius 3 is 2.25 bits per heavy atom. The molecule has 0 heterocycles. The largest absolute Gasteiger partial charge is 0.0918 e. The summed E-state index contributed by atoms with van der Waals surface area (Å²) in [5.74, 6) is 0. The molecule has 0 atom stereocenters. The van der Waals surface area contributed by atoms with Crippen LogP contribution in [0, 0.1) is 6.92 Å². The lowest BCUT2D eigenvalue weighted by Gasteiger charge is -2.11. The average molecular weight is 225 g/mol. The molecular formula is C11H13Br. The van der Waals surface area contributed by atoms with Crippen molar-refractivity contribution in [2.24, 2.45) is 0 Å². The van der Waals surface area contributed by atoms with E-state index in [0.717, 1.165) is 5.33 Å². The molecule has 0 amide bonds. The van der Waals surface area contributed by atoms with Crippen molar-refractivity contribution in [3.8, 4) is 0 Å². The highest BCUT2D eigenvalue weighted by molar-refractivity contribution is 9.09. The molecule has 64 valence electrons. The first-order chi connectivity index (χ1) is 5.77. The standard InChI is InChI=1S/C11H13Br/c1-9-2-4-10(5-3-9)11(8-12)6-7-11/h2-5H,6-8H2,1H3. The molecule has 12 heavy (non-hydrogen) atoms. The van der Waals surface area contributed by atoms with Gasteiger partial charge in [-0.3, -0.25) is 0 Å². The lowest BCUT2D eigenvalue weighted by molar-refractivity contribution is 0.809. The molecule has 1 aromatic carbocycles. The van der Waals surface area contributed by atoms with Gasteiger partial charge in [0.05, 0.1) is 0 Å². The van der Waals surface area contributed by atoms with Crippen LogP contribution in [0.1, 0.15) is 24.0 Å². The van der Waals surface area contributed by atoms with E-state index in [-0.39, 0.29) is 0 Å². The molecule has 0 bridgehead atoms. The highest BCUT2D eigenvalue weighted by Gasteiger charge is 2.42. The second-order valence-electron chi connectivity index (χ2n) is 3.78. The first-order valence-corrected chi connectivity index (χ1v) is 5.52. The highest BCUT2D eigenvalue weighted by atomic mass is 79.9. The second-order valence-corrected chi connectivity index (χ2v) is 4.34. The van der Waals surface area contributed by atoms with Crippen molar-refractivity contribution in [1.82, 2.24) is 0 Å². The van der Waals surface area contributed by atoms with E-state index in [1.807, 2.05) is 0 Å². The summed E-state index contributed by atoms with van der Waals surface area (Å²) < 4.78 is 0. The molecule has 0 spiro atoms. The first-order valence-electron chi connectivity index (χ1n) is 4.40. The zero-order valence-corrected chi connectivity index (χ0v) is 8.89. The fourth-order valence-corrected chi connectivity index (χ4v) is 2.44. The maximum atomic E-state index is 3.59. The molecule has 2 rings (SSSR count). The third-order valence-corrected chi connectivity index (χ3v) is 3.85. The summed E-state index contributed by atoms with van der Waals surface area (Å²) in [6, 6.07) is 8.95. The summed E-state index contributed by atoms with van der Waals surface area (Å²) in [7, 11) is 0. The average Bonchev–Trinajstić information content (AvgIpc) is 2.86. The van der Waals surface area contributed by atoms with Crippen molar-refractivity contribution in [3.63, 3.8) is 0 Å². The Morgan fingerprint density at radius 1 is 1.25 bits per heavy atom. The Hall–Kier alpha value is -0.300. The minimum Gasteiger partial charge on any atom is -0.0918 e. The minimum atomic E-state index is 0.494. The smallest absolute Gasteiger partial charge is 0.0129 e. The predicted octanol–water partition coefficient (Wildman–Crippen LogP) is 3.42. The number of alkyl halides is 1. The van der Waals surface area contributed by atoms with Gasteiger partial charge in [-0.2, -0.15) is 0 Å². The van der Waals surface area contributed by atoms with Crippen molar-refractivity contribution in [3.05, 3.63) is 35.4 Å². The van der Waals surface area contributed by atoms with E-state index < -0.39 is 0 Å². The van der Waals surface area contributed by atoms with Crippen molar-refractivity contribution < 1.29 is 0 Å². The van der Waals surface area contributed by atoms with Crippen LogP contribution in [0.25, 0.3) is 0 Å². The number of hydrogen-bond donors (Lipinski definition) is 0. The molecular weight excluding hydrogens is 212 g/mol. The van der Waals surface area contributed by atoms with Crippen LogP contribution in [-0.2, 0) is 5.41 Å². The van der Waals surface area contributed by atoms with Crippen LogP contribution in [0.4, 0.5) is 0 Å². The summed E-state index contributed by atoms with van der Waals surface area (Å²) in [4.78, 5) is 0. The van der Waals surface area contributed by atoms with E-state index in [2.05, 4.69) is 47.1 Å². The van der Waals surface area contributed by atoms with Crippen molar-refractivity contribution in [2.75, 3.05) is 5.33 Å². The van der Waals surface area contributed by atoms with E-state index in [1.165, 1.54) is 24.0 Å². The van der Waals surface area contributed by atoms with Gasteiger partial charge in [-0.05, 0) is 25.3 Å². The third kappa shape index (κ3) is 1.31. The van der Waals surface area contributed by atoms with Crippen LogP contribution < -0.4 is 0 Å². The Labute approximate surface area is 82.1 Å². The molecule has 0 N–H and O–H groups in total. The molecule has 0 nitrogen and oxygen atoms in total. The summed E-state index contributed by atoms with van der Waals surface area (Å²) in [5.41, 5.74) is 3.35. The Morgan fingerprint density at radius 2 is 1.83 bits per heavy atom. The summed E-state index contributed by atoms with van der Waals surface area (Å²) in [6.45, 7) is 2.14. The van der Waals surface area contributed by atoms with Gasteiger partial charge in [0.25, 0.3) is 0 Å². The summed E-state index contributed by atoms with van der Waals surface area (Å²) in [5, 5.41) is 1.11. The maximum Gasteiger partial charge on any atom is 0.0129 e. The van der Waals surface area contributed by atoms with E-state index in [9.17, 15) is 0 Å². The quantitative estimate of drug-likeness (QED) is 0.676. The van der Waals surface area contributed by atoms with E-state index >= 15 is 0 Å². The fraction of sp³-hybridized carbons (Fsp3) is 0.455. The van der Waals surface area contributed by atoms with E-state index in [1.54, 1.807) is 0 Å². The molecule has 1 heteroatoms. The lowest BCUT2D eigenvalue weighted by Crippen LogP contribution is -2.07. The number of halogens is 1. The van der Waals surface area contributed by atoms with Gasteiger partial charge in [-0.25, -0.2) is 0 Å². The van der Waals surface area contributed by atoms with Crippen molar-refractivity contribution in [1.29, 1.82) is 0 Å². The molecule has 0 radical (unpaired) electrons. The van der Waals surface area contributed by atoms with Crippen molar-refractivity contribution in [2.45, 2.75) is 25.2 Å². The van der Waals surface area contributed by atoms with Crippen LogP contribution in [0.15, 0.2) is 24.3 Å². The molecule has 1 fully saturated rings. The zero-order chi connectivity index (χ0) is 8.60. The Bertz CT molecular complexity index is 270. The van der Waals surface area contributed by atoms with Gasteiger partial charge in [0.1, 0.15) is 0 Å². The minimum absolute atomic E-state index is 0.494. The molecule has 0 aromatic heterocycles. The topological polar surface area (TPSA) is 0 Å². The lowest BCUT2D eigenvalue weighted by atomic mass is 9.97. The number of benzene rings is 1. The van der Waals surface area contributed by atoms with Gasteiger partial charge in [-0.1, -0.05) is 45.8 Å². The number of aryl methyl sites for hydroxylation is 1. The number of hydrogen-bond acceptors (Lipinski definition) is 0. The van der Waals surface area contributed by atoms with Crippen LogP contribution in [0.2, 0.25) is 0 Å². The van der Waals surface area contributed by atoms with Gasteiger partial charge >= 0.3 is 0 Å². The molecule has 0 saturated heterocycles. The van der Waals surface area contributed by atoms with Gasteiger partial charge in [0.15, 0.2) is 0 Å². The normalized spacial score (nSPS) is 19.2. The maximum absolute atomic E-state index is 3.59. The second kappa shape index (κ2) is 2.88. The van der Waals surface area contributed by atoms with Gasteiger partial charge in [0, 0.05) is 10.7 Å². The van der Waals surface area contributed by atoms with Crippen molar-refractivity contribution >= 4 is 15.9 Å². The molecule has 1 aliphatic carbocycles. The van der Waals surface area contributed by atoms with E-state index in [4.69, 9.17) is 0 Å².